The quantitative estimate of drug-likeness (QED) is 0.586. The second kappa shape index (κ2) is 8.66. The van der Waals surface area contributed by atoms with Gasteiger partial charge in [-0.15, -0.1) is 11.3 Å². The number of aromatic nitrogens is 1. The van der Waals surface area contributed by atoms with E-state index < -0.39 is 5.91 Å². The minimum atomic E-state index is -0.395. The van der Waals surface area contributed by atoms with Gasteiger partial charge in [0.25, 0.3) is 5.91 Å². The number of hydrogen-bond donors (Lipinski definition) is 3. The van der Waals surface area contributed by atoms with Crippen LogP contribution in [0.3, 0.4) is 0 Å². The third-order valence-electron chi connectivity index (χ3n) is 3.91. The van der Waals surface area contributed by atoms with Crippen LogP contribution in [-0.2, 0) is 9.59 Å². The predicted octanol–water partition coefficient (Wildman–Crippen LogP) is 4.29. The third kappa shape index (κ3) is 5.49. The van der Waals surface area contributed by atoms with Crippen LogP contribution in [0.5, 0.6) is 0 Å². The topological polar surface area (TPSA) is 100 Å². The van der Waals surface area contributed by atoms with Gasteiger partial charge in [-0.05, 0) is 25.1 Å². The Hall–Kier alpha value is -3.52. The summed E-state index contributed by atoms with van der Waals surface area (Å²) in [5.74, 6) is -0.952. The van der Waals surface area contributed by atoms with E-state index in [2.05, 4.69) is 20.9 Å². The van der Waals surface area contributed by atoms with Gasteiger partial charge in [0, 0.05) is 41.7 Å². The highest BCUT2D eigenvalue weighted by Crippen LogP contribution is 2.26. The van der Waals surface area contributed by atoms with E-state index >= 15 is 0 Å². The SMILES string of the molecule is CC(=O)Nc1cc(NC(C)=O)cc(C(=O)Nc2nc(-c3ccc(C)cc3)cs2)c1. The number of anilines is 3. The van der Waals surface area contributed by atoms with E-state index in [1.165, 1.54) is 37.3 Å². The normalized spacial score (nSPS) is 10.3. The summed E-state index contributed by atoms with van der Waals surface area (Å²) in [6.07, 6.45) is 0. The number of aryl methyl sites for hydroxylation is 1. The van der Waals surface area contributed by atoms with Crippen LogP contribution in [-0.4, -0.2) is 22.7 Å². The first-order valence-electron chi connectivity index (χ1n) is 8.84. The van der Waals surface area contributed by atoms with Crippen LogP contribution in [0.2, 0.25) is 0 Å². The number of hydrogen-bond acceptors (Lipinski definition) is 5. The average Bonchev–Trinajstić information content (AvgIpc) is 3.09. The van der Waals surface area contributed by atoms with Crippen molar-refractivity contribution in [2.45, 2.75) is 20.8 Å². The van der Waals surface area contributed by atoms with Crippen molar-refractivity contribution in [3.8, 4) is 11.3 Å². The third-order valence-corrected chi connectivity index (χ3v) is 4.67. The van der Waals surface area contributed by atoms with Gasteiger partial charge in [-0.25, -0.2) is 4.98 Å². The Balaban J connectivity index is 1.81. The summed E-state index contributed by atoms with van der Waals surface area (Å²) < 4.78 is 0. The molecule has 0 unspecified atom stereocenters. The van der Waals surface area contributed by atoms with E-state index in [9.17, 15) is 14.4 Å². The Morgan fingerprint density at radius 3 is 2.00 bits per heavy atom. The van der Waals surface area contributed by atoms with Crippen molar-refractivity contribution in [2.24, 2.45) is 0 Å². The monoisotopic (exact) mass is 408 g/mol. The fraction of sp³-hybridized carbons (Fsp3) is 0.143. The van der Waals surface area contributed by atoms with Crippen LogP contribution < -0.4 is 16.0 Å². The molecule has 3 rings (SSSR count). The number of rotatable bonds is 5. The van der Waals surface area contributed by atoms with Gasteiger partial charge in [0.05, 0.1) is 5.69 Å². The summed E-state index contributed by atoms with van der Waals surface area (Å²) in [5.41, 5.74) is 4.00. The molecule has 0 spiro atoms. The molecule has 8 heteroatoms. The Labute approximate surface area is 172 Å². The lowest BCUT2D eigenvalue weighted by Gasteiger charge is -2.10. The summed E-state index contributed by atoms with van der Waals surface area (Å²) in [5, 5.41) is 10.3. The van der Waals surface area contributed by atoms with Crippen molar-refractivity contribution < 1.29 is 14.4 Å². The van der Waals surface area contributed by atoms with Gasteiger partial charge in [-0.3, -0.25) is 19.7 Å². The number of benzene rings is 2. The molecule has 0 saturated heterocycles. The highest BCUT2D eigenvalue weighted by Gasteiger charge is 2.13. The molecule has 0 aliphatic rings. The highest BCUT2D eigenvalue weighted by atomic mass is 32.1. The predicted molar refractivity (Wildman–Crippen MR) is 115 cm³/mol. The summed E-state index contributed by atoms with van der Waals surface area (Å²) in [7, 11) is 0. The number of carbonyl (C=O) groups excluding carboxylic acids is 3. The van der Waals surface area contributed by atoms with Crippen molar-refractivity contribution in [1.29, 1.82) is 0 Å². The van der Waals surface area contributed by atoms with Gasteiger partial charge in [-0.1, -0.05) is 29.8 Å². The highest BCUT2D eigenvalue weighted by molar-refractivity contribution is 7.14. The lowest BCUT2D eigenvalue weighted by molar-refractivity contribution is -0.115. The second-order valence-electron chi connectivity index (χ2n) is 6.52. The molecule has 148 valence electrons. The molecule has 2 aromatic carbocycles. The fourth-order valence-corrected chi connectivity index (χ4v) is 3.38. The average molecular weight is 408 g/mol. The van der Waals surface area contributed by atoms with E-state index in [-0.39, 0.29) is 17.4 Å². The zero-order valence-electron chi connectivity index (χ0n) is 16.2. The Morgan fingerprint density at radius 1 is 0.862 bits per heavy atom. The van der Waals surface area contributed by atoms with Crippen molar-refractivity contribution in [1.82, 2.24) is 4.98 Å². The molecule has 0 aliphatic heterocycles. The van der Waals surface area contributed by atoms with Crippen LogP contribution in [0.1, 0.15) is 29.8 Å². The molecule has 0 radical (unpaired) electrons. The van der Waals surface area contributed by atoms with E-state index in [0.29, 0.717) is 16.5 Å². The first-order valence-corrected chi connectivity index (χ1v) is 9.72. The molecule has 3 N–H and O–H groups in total. The van der Waals surface area contributed by atoms with Gasteiger partial charge in [0.2, 0.25) is 11.8 Å². The van der Waals surface area contributed by atoms with Gasteiger partial charge < -0.3 is 10.6 Å². The maximum atomic E-state index is 12.7. The molecule has 0 fully saturated rings. The van der Waals surface area contributed by atoms with Crippen LogP contribution in [0.25, 0.3) is 11.3 Å². The number of nitrogens with zero attached hydrogens (tertiary/aromatic N) is 1. The molecule has 1 aromatic heterocycles. The minimum Gasteiger partial charge on any atom is -0.326 e. The lowest BCUT2D eigenvalue weighted by Crippen LogP contribution is -2.15. The zero-order valence-corrected chi connectivity index (χ0v) is 17.0. The van der Waals surface area contributed by atoms with E-state index in [1.807, 2.05) is 36.6 Å². The molecular formula is C21H20N4O3S. The van der Waals surface area contributed by atoms with Crippen molar-refractivity contribution in [2.75, 3.05) is 16.0 Å². The smallest absolute Gasteiger partial charge is 0.257 e. The van der Waals surface area contributed by atoms with Gasteiger partial charge in [0.15, 0.2) is 5.13 Å². The fourth-order valence-electron chi connectivity index (χ4n) is 2.67. The van der Waals surface area contributed by atoms with Gasteiger partial charge in [-0.2, -0.15) is 0 Å². The first-order chi connectivity index (χ1) is 13.8. The lowest BCUT2D eigenvalue weighted by atomic mass is 10.1. The van der Waals surface area contributed by atoms with E-state index in [1.54, 1.807) is 6.07 Å². The molecule has 0 aliphatic carbocycles. The maximum Gasteiger partial charge on any atom is 0.257 e. The van der Waals surface area contributed by atoms with Crippen molar-refractivity contribution in [3.63, 3.8) is 0 Å². The Kier molecular flexibility index (Phi) is 6.04. The number of thiazole rings is 1. The second-order valence-corrected chi connectivity index (χ2v) is 7.38. The molecule has 0 saturated carbocycles. The number of amides is 3. The molecule has 3 aromatic rings. The maximum absolute atomic E-state index is 12.7. The summed E-state index contributed by atoms with van der Waals surface area (Å²) in [6, 6.07) is 12.6. The molecule has 7 nitrogen and oxygen atoms in total. The summed E-state index contributed by atoms with van der Waals surface area (Å²) in [6.45, 7) is 4.75. The van der Waals surface area contributed by atoms with E-state index in [4.69, 9.17) is 0 Å². The van der Waals surface area contributed by atoms with Crippen LogP contribution in [0.4, 0.5) is 16.5 Å². The Bertz CT molecular complexity index is 1040. The van der Waals surface area contributed by atoms with Crippen LogP contribution >= 0.6 is 11.3 Å². The standard InChI is InChI=1S/C21H20N4O3S/c1-12-4-6-15(7-5-12)19-11-29-21(24-19)25-20(28)16-8-17(22-13(2)26)10-18(9-16)23-14(3)27/h4-11H,1-3H3,(H,22,26)(H,23,27)(H,24,25,28). The molecular weight excluding hydrogens is 388 g/mol. The molecule has 29 heavy (non-hydrogen) atoms. The molecule has 1 heterocycles. The molecule has 0 atom stereocenters. The van der Waals surface area contributed by atoms with Crippen LogP contribution in [0, 0.1) is 6.92 Å². The van der Waals surface area contributed by atoms with Crippen molar-refractivity contribution >= 4 is 45.6 Å². The van der Waals surface area contributed by atoms with E-state index in [0.717, 1.165) is 16.8 Å². The molecule has 3 amide bonds. The van der Waals surface area contributed by atoms with Gasteiger partial charge in [0.1, 0.15) is 0 Å². The molecule has 0 bridgehead atoms. The summed E-state index contributed by atoms with van der Waals surface area (Å²) >= 11 is 1.32. The number of nitrogens with one attached hydrogen (secondary N) is 3. The zero-order chi connectivity index (χ0) is 21.0. The number of carbonyl (C=O) groups is 3. The van der Waals surface area contributed by atoms with Crippen LogP contribution in [0.15, 0.2) is 47.8 Å². The largest absolute Gasteiger partial charge is 0.326 e. The summed E-state index contributed by atoms with van der Waals surface area (Å²) in [4.78, 5) is 39.9. The minimum absolute atomic E-state index is 0.279. The Morgan fingerprint density at radius 2 is 1.45 bits per heavy atom. The van der Waals surface area contributed by atoms with Gasteiger partial charge >= 0.3 is 0 Å². The first kappa shape index (κ1) is 20.2. The van der Waals surface area contributed by atoms with Crippen molar-refractivity contribution in [3.05, 3.63) is 59.0 Å².